The van der Waals surface area contributed by atoms with Crippen molar-refractivity contribution >= 4 is 39.3 Å². The summed E-state index contributed by atoms with van der Waals surface area (Å²) in [5.41, 5.74) is 2.23. The molecule has 0 unspecified atom stereocenters. The lowest BCUT2D eigenvalue weighted by Gasteiger charge is -2.17. The van der Waals surface area contributed by atoms with Gasteiger partial charge in [-0.3, -0.25) is 19.7 Å². The molecule has 2 aromatic heterocycles. The number of carbonyl (C=O) groups excluding carboxylic acids is 2. The Morgan fingerprint density at radius 3 is 2.57 bits per heavy atom. The molecule has 0 aliphatic heterocycles. The molecule has 2 amide bonds. The Labute approximate surface area is 170 Å². The first kappa shape index (κ1) is 19.2. The van der Waals surface area contributed by atoms with E-state index in [1.54, 1.807) is 12.1 Å². The number of non-ortho nitro benzene ring substituents is 1. The number of para-hydroxylation sites is 1. The average molecular weight is 405 g/mol. The van der Waals surface area contributed by atoms with Crippen LogP contribution in [0.1, 0.15) is 15.9 Å². The number of aromatic amines is 2. The SMILES string of the molecule is CNC(=O)[C@H](Cc1c[nH]c2ccccc12)NC(=O)c1c[nH]c2cccc([N+](=O)[O-])c12. The van der Waals surface area contributed by atoms with Crippen LogP contribution in [-0.4, -0.2) is 39.8 Å². The lowest BCUT2D eigenvalue weighted by atomic mass is 10.0. The van der Waals surface area contributed by atoms with Crippen molar-refractivity contribution in [1.29, 1.82) is 0 Å². The van der Waals surface area contributed by atoms with Gasteiger partial charge in [-0.1, -0.05) is 24.3 Å². The van der Waals surface area contributed by atoms with E-state index in [1.807, 2.05) is 30.5 Å². The number of nitro groups is 1. The second-order valence-corrected chi connectivity index (χ2v) is 6.86. The molecule has 4 aromatic rings. The fourth-order valence-electron chi connectivity index (χ4n) is 3.64. The van der Waals surface area contributed by atoms with Gasteiger partial charge in [-0.05, 0) is 17.7 Å². The van der Waals surface area contributed by atoms with Gasteiger partial charge in [-0.15, -0.1) is 0 Å². The zero-order valence-electron chi connectivity index (χ0n) is 16.1. The molecule has 0 saturated carbocycles. The van der Waals surface area contributed by atoms with Crippen LogP contribution in [0.3, 0.4) is 0 Å². The number of nitrogens with one attached hydrogen (secondary N) is 4. The van der Waals surface area contributed by atoms with Gasteiger partial charge in [-0.25, -0.2) is 0 Å². The molecule has 30 heavy (non-hydrogen) atoms. The molecule has 0 bridgehead atoms. The Balaban J connectivity index is 1.66. The summed E-state index contributed by atoms with van der Waals surface area (Å²) in [5.74, 6) is -0.924. The maximum atomic E-state index is 13.0. The third kappa shape index (κ3) is 3.37. The van der Waals surface area contributed by atoms with E-state index >= 15 is 0 Å². The molecular weight excluding hydrogens is 386 g/mol. The molecule has 152 valence electrons. The van der Waals surface area contributed by atoms with Crippen LogP contribution in [0.25, 0.3) is 21.8 Å². The predicted molar refractivity (Wildman–Crippen MR) is 112 cm³/mol. The minimum absolute atomic E-state index is 0.116. The fraction of sp³-hybridized carbons (Fsp3) is 0.143. The van der Waals surface area contributed by atoms with Crippen LogP contribution in [-0.2, 0) is 11.2 Å². The summed E-state index contributed by atoms with van der Waals surface area (Å²) in [5, 5.41) is 17.9. The van der Waals surface area contributed by atoms with Crippen molar-refractivity contribution in [2.24, 2.45) is 0 Å². The molecule has 4 N–H and O–H groups in total. The second kappa shape index (κ2) is 7.70. The van der Waals surface area contributed by atoms with Crippen LogP contribution >= 0.6 is 0 Å². The summed E-state index contributed by atoms with van der Waals surface area (Å²) >= 11 is 0. The highest BCUT2D eigenvalue weighted by Gasteiger charge is 2.26. The monoisotopic (exact) mass is 405 g/mol. The number of nitro benzene ring substituents is 1. The topological polar surface area (TPSA) is 133 Å². The first-order chi connectivity index (χ1) is 14.5. The van der Waals surface area contributed by atoms with E-state index in [1.165, 1.54) is 19.3 Å². The number of fused-ring (bicyclic) bond motifs is 2. The zero-order chi connectivity index (χ0) is 21.3. The fourth-order valence-corrected chi connectivity index (χ4v) is 3.64. The van der Waals surface area contributed by atoms with Crippen molar-refractivity contribution in [3.8, 4) is 0 Å². The normalized spacial score (nSPS) is 12.0. The number of hydrogen-bond donors (Lipinski definition) is 4. The van der Waals surface area contributed by atoms with Crippen LogP contribution in [0.15, 0.2) is 54.9 Å². The Morgan fingerprint density at radius 1 is 1.07 bits per heavy atom. The van der Waals surface area contributed by atoms with E-state index in [0.29, 0.717) is 5.52 Å². The van der Waals surface area contributed by atoms with Gasteiger partial charge in [0.1, 0.15) is 6.04 Å². The lowest BCUT2D eigenvalue weighted by Crippen LogP contribution is -2.47. The van der Waals surface area contributed by atoms with Gasteiger partial charge < -0.3 is 20.6 Å². The number of amides is 2. The molecule has 9 nitrogen and oxygen atoms in total. The molecule has 0 aliphatic carbocycles. The Morgan fingerprint density at radius 2 is 1.80 bits per heavy atom. The van der Waals surface area contributed by atoms with E-state index in [2.05, 4.69) is 20.6 Å². The summed E-state index contributed by atoms with van der Waals surface area (Å²) in [6, 6.07) is 11.4. The molecule has 4 rings (SSSR count). The van der Waals surface area contributed by atoms with Gasteiger partial charge in [0.2, 0.25) is 5.91 Å². The minimum Gasteiger partial charge on any atom is -0.361 e. The zero-order valence-corrected chi connectivity index (χ0v) is 16.1. The van der Waals surface area contributed by atoms with Crippen LogP contribution in [0.4, 0.5) is 5.69 Å². The Bertz CT molecular complexity index is 1270. The smallest absolute Gasteiger partial charge is 0.279 e. The highest BCUT2D eigenvalue weighted by atomic mass is 16.6. The molecule has 0 spiro atoms. The van der Waals surface area contributed by atoms with E-state index in [-0.39, 0.29) is 29.0 Å². The largest absolute Gasteiger partial charge is 0.361 e. The molecule has 9 heteroatoms. The number of hydrogen-bond acceptors (Lipinski definition) is 4. The third-order valence-electron chi connectivity index (χ3n) is 5.09. The number of carbonyl (C=O) groups is 2. The van der Waals surface area contributed by atoms with Crippen LogP contribution in [0.5, 0.6) is 0 Å². The molecule has 0 fully saturated rings. The molecule has 0 radical (unpaired) electrons. The summed E-state index contributed by atoms with van der Waals surface area (Å²) in [4.78, 5) is 42.3. The summed E-state index contributed by atoms with van der Waals surface area (Å²) in [7, 11) is 1.49. The van der Waals surface area contributed by atoms with E-state index in [0.717, 1.165) is 16.5 Å². The number of H-pyrrole nitrogens is 2. The molecule has 0 saturated heterocycles. The van der Waals surface area contributed by atoms with Gasteiger partial charge in [0.15, 0.2) is 0 Å². The summed E-state index contributed by atoms with van der Waals surface area (Å²) in [6.07, 6.45) is 3.49. The Kier molecular flexibility index (Phi) is 4.93. The maximum absolute atomic E-state index is 13.0. The van der Waals surface area contributed by atoms with Crippen molar-refractivity contribution in [2.75, 3.05) is 7.05 Å². The maximum Gasteiger partial charge on any atom is 0.279 e. The first-order valence-corrected chi connectivity index (χ1v) is 9.31. The van der Waals surface area contributed by atoms with Gasteiger partial charge >= 0.3 is 0 Å². The van der Waals surface area contributed by atoms with E-state index in [9.17, 15) is 19.7 Å². The Hall–Kier alpha value is -4.14. The van der Waals surface area contributed by atoms with Crippen LogP contribution < -0.4 is 10.6 Å². The molecule has 2 aromatic carbocycles. The van der Waals surface area contributed by atoms with Crippen molar-refractivity contribution in [3.63, 3.8) is 0 Å². The third-order valence-corrected chi connectivity index (χ3v) is 5.09. The number of rotatable bonds is 6. The highest BCUT2D eigenvalue weighted by Crippen LogP contribution is 2.28. The number of benzene rings is 2. The van der Waals surface area contributed by atoms with Gasteiger partial charge in [0.05, 0.1) is 21.4 Å². The van der Waals surface area contributed by atoms with Gasteiger partial charge in [-0.2, -0.15) is 0 Å². The highest BCUT2D eigenvalue weighted by molar-refractivity contribution is 6.11. The molecule has 1 atom stereocenters. The molecule has 2 heterocycles. The van der Waals surface area contributed by atoms with Crippen LogP contribution in [0, 0.1) is 10.1 Å². The summed E-state index contributed by atoms with van der Waals surface area (Å²) < 4.78 is 0. The van der Waals surface area contributed by atoms with Crippen molar-refractivity contribution in [3.05, 3.63) is 76.1 Å². The van der Waals surface area contributed by atoms with Crippen LogP contribution in [0.2, 0.25) is 0 Å². The average Bonchev–Trinajstić information content (AvgIpc) is 3.37. The van der Waals surface area contributed by atoms with E-state index in [4.69, 9.17) is 0 Å². The first-order valence-electron chi connectivity index (χ1n) is 9.31. The summed E-state index contributed by atoms with van der Waals surface area (Å²) in [6.45, 7) is 0. The number of likely N-dealkylation sites (N-methyl/N-ethyl adjacent to an activating group) is 1. The van der Waals surface area contributed by atoms with Crippen molar-refractivity contribution < 1.29 is 14.5 Å². The van der Waals surface area contributed by atoms with E-state index < -0.39 is 16.9 Å². The number of aromatic nitrogens is 2. The van der Waals surface area contributed by atoms with Crippen molar-refractivity contribution in [1.82, 2.24) is 20.6 Å². The van der Waals surface area contributed by atoms with Gasteiger partial charge in [0.25, 0.3) is 11.6 Å². The standard InChI is InChI=1S/C21H19N5O4/c1-22-21(28)17(9-12-10-23-15-6-3-2-5-13(12)15)25-20(27)14-11-24-16-7-4-8-18(19(14)16)26(29)30/h2-8,10-11,17,23-24H,9H2,1H3,(H,22,28)(H,25,27)/t17-/m0/s1. The quantitative estimate of drug-likeness (QED) is 0.290. The lowest BCUT2D eigenvalue weighted by molar-refractivity contribution is -0.383. The number of nitrogens with zero attached hydrogens (tertiary/aromatic N) is 1. The molecular formula is C21H19N5O4. The second-order valence-electron chi connectivity index (χ2n) is 6.86. The van der Waals surface area contributed by atoms with Crippen molar-refractivity contribution in [2.45, 2.75) is 12.5 Å². The van der Waals surface area contributed by atoms with Gasteiger partial charge in [0, 0.05) is 42.8 Å². The molecule has 0 aliphatic rings. The minimum atomic E-state index is -0.852. The predicted octanol–water partition coefficient (Wildman–Crippen LogP) is 2.64.